The number of allylic oxidation sites excluding steroid dienone is 2. The van der Waals surface area contributed by atoms with Crippen molar-refractivity contribution in [3.63, 3.8) is 0 Å². The van der Waals surface area contributed by atoms with Crippen LogP contribution in [-0.4, -0.2) is 8.07 Å². The molecule has 1 heterocycles. The van der Waals surface area contributed by atoms with Gasteiger partial charge in [0.1, 0.15) is 0 Å². The van der Waals surface area contributed by atoms with Crippen LogP contribution in [0.1, 0.15) is 33.4 Å². The lowest BCUT2D eigenvalue weighted by Gasteiger charge is -2.36. The van der Waals surface area contributed by atoms with Gasteiger partial charge in [-0.05, 0) is 78.4 Å². The third kappa shape index (κ3) is 4.73. The molecule has 45 heavy (non-hydrogen) atoms. The lowest BCUT2D eigenvalue weighted by molar-refractivity contribution is 1.48. The molecule has 0 fully saturated rings. The van der Waals surface area contributed by atoms with E-state index >= 15 is 0 Å². The van der Waals surface area contributed by atoms with Crippen molar-refractivity contribution in [3.05, 3.63) is 203 Å². The SMILES string of the molecule is N#Cc1ccc(C2=C(c3ccccc3)C(c3ccccc3)=C(c3ccc(C#N)cc3)[Si]2(c2ccccc2)c2ccccc2)cc1. The summed E-state index contributed by atoms with van der Waals surface area (Å²) < 4.78 is 0. The number of hydrogen-bond donors (Lipinski definition) is 0. The summed E-state index contributed by atoms with van der Waals surface area (Å²) in [5.74, 6) is 0. The Bertz CT molecular complexity index is 1960. The van der Waals surface area contributed by atoms with Crippen molar-refractivity contribution in [1.82, 2.24) is 0 Å². The number of rotatable bonds is 6. The maximum Gasteiger partial charge on any atom is 0.182 e. The fraction of sp³-hybridized carbons (Fsp3) is 0. The Labute approximate surface area is 265 Å². The Kier molecular flexibility index (Phi) is 7.38. The highest BCUT2D eigenvalue weighted by Gasteiger charge is 2.53. The molecular weight excluding hydrogens is 561 g/mol. The van der Waals surface area contributed by atoms with Gasteiger partial charge in [0.2, 0.25) is 0 Å². The molecule has 0 atom stereocenters. The molecule has 0 unspecified atom stereocenters. The first-order valence-electron chi connectivity index (χ1n) is 15.0. The van der Waals surface area contributed by atoms with Gasteiger partial charge in [-0.1, -0.05) is 146 Å². The van der Waals surface area contributed by atoms with Gasteiger partial charge in [0.25, 0.3) is 0 Å². The van der Waals surface area contributed by atoms with Crippen molar-refractivity contribution in [1.29, 1.82) is 10.5 Å². The average molecular weight is 589 g/mol. The largest absolute Gasteiger partial charge is 0.192 e. The molecule has 6 aromatic rings. The van der Waals surface area contributed by atoms with Gasteiger partial charge in [-0.3, -0.25) is 0 Å². The van der Waals surface area contributed by atoms with Crippen LogP contribution in [0.5, 0.6) is 0 Å². The molecule has 7 rings (SSSR count). The molecule has 210 valence electrons. The molecule has 0 spiro atoms. The lowest BCUT2D eigenvalue weighted by atomic mass is 9.89. The van der Waals surface area contributed by atoms with Crippen LogP contribution in [0.15, 0.2) is 170 Å². The molecule has 1 aliphatic rings. The van der Waals surface area contributed by atoms with E-state index in [2.05, 4.69) is 158 Å². The molecule has 0 aliphatic carbocycles. The second-order valence-corrected chi connectivity index (χ2v) is 14.7. The highest BCUT2D eigenvalue weighted by atomic mass is 28.3. The van der Waals surface area contributed by atoms with E-state index in [0.717, 1.165) is 22.3 Å². The molecule has 0 bridgehead atoms. The zero-order valence-electron chi connectivity index (χ0n) is 24.6. The molecule has 3 heteroatoms. The van der Waals surface area contributed by atoms with Crippen molar-refractivity contribution >= 4 is 40.0 Å². The molecule has 0 amide bonds. The van der Waals surface area contributed by atoms with E-state index in [1.165, 1.54) is 31.9 Å². The van der Waals surface area contributed by atoms with E-state index in [4.69, 9.17) is 0 Å². The van der Waals surface area contributed by atoms with Crippen molar-refractivity contribution in [3.8, 4) is 12.1 Å². The second-order valence-electron chi connectivity index (χ2n) is 11.1. The summed E-state index contributed by atoms with van der Waals surface area (Å²) in [7, 11) is -3.08. The normalized spacial score (nSPS) is 13.7. The van der Waals surface area contributed by atoms with Gasteiger partial charge in [-0.15, -0.1) is 0 Å². The summed E-state index contributed by atoms with van der Waals surface area (Å²) in [5, 5.41) is 24.6. The summed E-state index contributed by atoms with van der Waals surface area (Å²) in [6, 6.07) is 64.1. The topological polar surface area (TPSA) is 47.6 Å². The van der Waals surface area contributed by atoms with Crippen LogP contribution >= 0.6 is 0 Å². The lowest BCUT2D eigenvalue weighted by Crippen LogP contribution is -2.59. The van der Waals surface area contributed by atoms with E-state index in [0.29, 0.717) is 11.1 Å². The molecule has 0 saturated carbocycles. The Hall–Kier alpha value is -6.00. The quantitative estimate of drug-likeness (QED) is 0.184. The Morgan fingerprint density at radius 2 is 0.644 bits per heavy atom. The average Bonchev–Trinajstić information content (AvgIpc) is 3.46. The first-order valence-corrected chi connectivity index (χ1v) is 17.0. The molecule has 1 aliphatic heterocycles. The summed E-state index contributed by atoms with van der Waals surface area (Å²) in [5.41, 5.74) is 8.15. The maximum absolute atomic E-state index is 9.72. The van der Waals surface area contributed by atoms with Crippen LogP contribution in [0.3, 0.4) is 0 Å². The van der Waals surface area contributed by atoms with Gasteiger partial charge < -0.3 is 0 Å². The minimum atomic E-state index is -3.08. The minimum absolute atomic E-state index is 0.633. The molecule has 0 N–H and O–H groups in total. The predicted octanol–water partition coefficient (Wildman–Crippen LogP) is 8.31. The smallest absolute Gasteiger partial charge is 0.182 e. The Morgan fingerprint density at radius 3 is 0.956 bits per heavy atom. The predicted molar refractivity (Wildman–Crippen MR) is 187 cm³/mol. The molecular formula is C42H28N2Si. The standard InChI is InChI=1S/C42H28N2Si/c43-29-31-21-25-35(26-22-31)41-39(33-13-5-1-6-14-33)40(34-15-7-2-8-16-34)42(36-27-23-32(30-44)24-28-36)45(41,37-17-9-3-10-18-37)38-19-11-4-12-20-38/h1-28H. The first-order chi connectivity index (χ1) is 22.3. The van der Waals surface area contributed by atoms with Gasteiger partial charge in [0.15, 0.2) is 8.07 Å². The number of benzene rings is 6. The van der Waals surface area contributed by atoms with E-state index in [9.17, 15) is 10.5 Å². The summed E-state index contributed by atoms with van der Waals surface area (Å²) in [4.78, 5) is 0. The summed E-state index contributed by atoms with van der Waals surface area (Å²) >= 11 is 0. The monoisotopic (exact) mass is 588 g/mol. The van der Waals surface area contributed by atoms with E-state index in [-0.39, 0.29) is 0 Å². The van der Waals surface area contributed by atoms with E-state index in [1.807, 2.05) is 24.3 Å². The van der Waals surface area contributed by atoms with Crippen LogP contribution < -0.4 is 10.4 Å². The molecule has 0 radical (unpaired) electrons. The van der Waals surface area contributed by atoms with Gasteiger partial charge >= 0.3 is 0 Å². The van der Waals surface area contributed by atoms with Gasteiger partial charge in [0.05, 0.1) is 23.3 Å². The van der Waals surface area contributed by atoms with Crippen molar-refractivity contribution < 1.29 is 0 Å². The van der Waals surface area contributed by atoms with Crippen LogP contribution in [0.2, 0.25) is 0 Å². The number of nitrogens with zero attached hydrogens (tertiary/aromatic N) is 2. The summed E-state index contributed by atoms with van der Waals surface area (Å²) in [6.45, 7) is 0. The van der Waals surface area contributed by atoms with Gasteiger partial charge in [-0.25, -0.2) is 0 Å². The zero-order chi connectivity index (χ0) is 30.6. The fourth-order valence-electron chi connectivity index (χ4n) is 6.80. The highest BCUT2D eigenvalue weighted by molar-refractivity contribution is 7.29. The molecule has 2 nitrogen and oxygen atoms in total. The summed E-state index contributed by atoms with van der Waals surface area (Å²) in [6.07, 6.45) is 0. The van der Waals surface area contributed by atoms with Crippen molar-refractivity contribution in [2.75, 3.05) is 0 Å². The Morgan fingerprint density at radius 1 is 0.333 bits per heavy atom. The second kappa shape index (κ2) is 11.9. The number of hydrogen-bond acceptors (Lipinski definition) is 2. The van der Waals surface area contributed by atoms with Gasteiger partial charge in [0, 0.05) is 0 Å². The van der Waals surface area contributed by atoms with E-state index in [1.54, 1.807) is 0 Å². The maximum atomic E-state index is 9.72. The molecule has 0 aromatic heterocycles. The first kappa shape index (κ1) is 27.8. The van der Waals surface area contributed by atoms with Gasteiger partial charge in [-0.2, -0.15) is 10.5 Å². The van der Waals surface area contributed by atoms with Crippen LogP contribution in [0.25, 0.3) is 21.5 Å². The van der Waals surface area contributed by atoms with Crippen molar-refractivity contribution in [2.24, 2.45) is 0 Å². The van der Waals surface area contributed by atoms with Crippen LogP contribution in [0, 0.1) is 22.7 Å². The zero-order valence-corrected chi connectivity index (χ0v) is 25.6. The number of nitriles is 2. The van der Waals surface area contributed by atoms with Crippen LogP contribution in [0.4, 0.5) is 0 Å². The van der Waals surface area contributed by atoms with E-state index < -0.39 is 8.07 Å². The third-order valence-corrected chi connectivity index (χ3v) is 13.6. The van der Waals surface area contributed by atoms with Crippen LogP contribution in [-0.2, 0) is 0 Å². The Balaban J connectivity index is 1.76. The third-order valence-electron chi connectivity index (χ3n) is 8.64. The molecule has 6 aromatic carbocycles. The molecule has 0 saturated heterocycles. The van der Waals surface area contributed by atoms with Crippen molar-refractivity contribution in [2.45, 2.75) is 0 Å². The minimum Gasteiger partial charge on any atom is -0.192 e. The fourth-order valence-corrected chi connectivity index (χ4v) is 12.4. The highest BCUT2D eigenvalue weighted by Crippen LogP contribution is 2.55.